The second-order valence-electron chi connectivity index (χ2n) is 3.03. The van der Waals surface area contributed by atoms with Crippen LogP contribution in [0.2, 0.25) is 0 Å². The van der Waals surface area contributed by atoms with Gasteiger partial charge >= 0.3 is 0 Å². The Labute approximate surface area is 87.4 Å². The van der Waals surface area contributed by atoms with Crippen LogP contribution >= 0.6 is 12.2 Å². The summed E-state index contributed by atoms with van der Waals surface area (Å²) in [6.07, 6.45) is 1.86. The number of para-hydroxylation sites is 1. The number of H-pyrrole nitrogens is 1. The van der Waals surface area contributed by atoms with Crippen LogP contribution in [0.5, 0.6) is 0 Å². The van der Waals surface area contributed by atoms with Crippen LogP contribution in [0.4, 0.5) is 11.5 Å². The van der Waals surface area contributed by atoms with Crippen molar-refractivity contribution in [3.05, 3.63) is 41.3 Å². The average Bonchev–Trinajstić information content (AvgIpc) is 2.52. The molecule has 0 aliphatic rings. The molecule has 0 spiro atoms. The quantitative estimate of drug-likeness (QED) is 0.739. The maximum absolute atomic E-state index is 5.06. The van der Waals surface area contributed by atoms with E-state index in [1.54, 1.807) is 0 Å². The molecule has 3 nitrogen and oxygen atoms in total. The van der Waals surface area contributed by atoms with Crippen molar-refractivity contribution < 1.29 is 0 Å². The minimum absolute atomic E-state index is 0.712. The van der Waals surface area contributed by atoms with Crippen molar-refractivity contribution in [3.8, 4) is 0 Å². The number of hydrogen-bond donors (Lipinski definition) is 2. The first kappa shape index (κ1) is 9.02. The van der Waals surface area contributed by atoms with E-state index in [9.17, 15) is 0 Å². The maximum Gasteiger partial charge on any atom is 0.178 e. The molecule has 0 radical (unpaired) electrons. The molecule has 72 valence electrons. The van der Waals surface area contributed by atoms with Gasteiger partial charge in [0.1, 0.15) is 5.82 Å². The Morgan fingerprint density at radius 2 is 2.00 bits per heavy atom. The number of aromatic amines is 1. The Hall–Kier alpha value is -1.55. The third-order valence-electron chi connectivity index (χ3n) is 2.04. The van der Waals surface area contributed by atoms with Crippen molar-refractivity contribution in [2.75, 3.05) is 5.32 Å². The molecule has 0 fully saturated rings. The Bertz CT molecular complexity index is 470. The van der Waals surface area contributed by atoms with Gasteiger partial charge in [-0.1, -0.05) is 18.2 Å². The summed E-state index contributed by atoms with van der Waals surface area (Å²) < 4.78 is 2.60. The molecule has 0 aliphatic carbocycles. The summed E-state index contributed by atoms with van der Waals surface area (Å²) in [5, 5.41) is 3.26. The normalized spacial score (nSPS) is 10.1. The van der Waals surface area contributed by atoms with Gasteiger partial charge in [-0.25, -0.2) is 0 Å². The van der Waals surface area contributed by atoms with Gasteiger partial charge in [-0.2, -0.15) is 0 Å². The highest BCUT2D eigenvalue weighted by atomic mass is 32.1. The molecule has 1 aromatic carbocycles. The smallest absolute Gasteiger partial charge is 0.178 e. The SMILES string of the molecule is Cn1c(Nc2ccccc2)c[nH]c1=S. The predicted octanol–water partition coefficient (Wildman–Crippen LogP) is 2.83. The van der Waals surface area contributed by atoms with E-state index in [1.165, 1.54) is 0 Å². The van der Waals surface area contributed by atoms with Gasteiger partial charge in [0, 0.05) is 18.9 Å². The number of aromatic nitrogens is 2. The highest BCUT2D eigenvalue weighted by molar-refractivity contribution is 7.71. The molecular formula is C10H11N3S. The van der Waals surface area contributed by atoms with Crippen molar-refractivity contribution in [2.45, 2.75) is 0 Å². The zero-order valence-electron chi connectivity index (χ0n) is 7.82. The fourth-order valence-electron chi connectivity index (χ4n) is 1.22. The molecule has 0 aliphatic heterocycles. The second-order valence-corrected chi connectivity index (χ2v) is 3.42. The summed E-state index contributed by atoms with van der Waals surface area (Å²) in [5.74, 6) is 0.959. The Kier molecular flexibility index (Phi) is 2.37. The number of rotatable bonds is 2. The van der Waals surface area contributed by atoms with Gasteiger partial charge in [0.25, 0.3) is 0 Å². The van der Waals surface area contributed by atoms with Gasteiger partial charge in [0.2, 0.25) is 0 Å². The Balaban J connectivity index is 2.28. The van der Waals surface area contributed by atoms with Gasteiger partial charge in [-0.05, 0) is 24.4 Å². The highest BCUT2D eigenvalue weighted by Crippen LogP contribution is 2.14. The highest BCUT2D eigenvalue weighted by Gasteiger charge is 1.98. The van der Waals surface area contributed by atoms with E-state index in [0.29, 0.717) is 4.77 Å². The third kappa shape index (κ3) is 1.70. The monoisotopic (exact) mass is 205 g/mol. The molecule has 0 atom stereocenters. The molecule has 0 bridgehead atoms. The summed E-state index contributed by atoms with van der Waals surface area (Å²) in [7, 11) is 1.92. The van der Waals surface area contributed by atoms with Crippen LogP contribution in [0.15, 0.2) is 36.5 Å². The lowest BCUT2D eigenvalue weighted by Crippen LogP contribution is -1.97. The molecule has 0 unspecified atom stereocenters. The second kappa shape index (κ2) is 3.67. The molecule has 4 heteroatoms. The minimum atomic E-state index is 0.712. The van der Waals surface area contributed by atoms with Crippen molar-refractivity contribution >= 4 is 23.7 Å². The van der Waals surface area contributed by atoms with Gasteiger partial charge in [-0.15, -0.1) is 0 Å². The van der Waals surface area contributed by atoms with Gasteiger partial charge in [0.15, 0.2) is 4.77 Å². The molecule has 0 amide bonds. The molecule has 0 saturated carbocycles. The van der Waals surface area contributed by atoms with Crippen LogP contribution in [-0.4, -0.2) is 9.55 Å². The lowest BCUT2D eigenvalue weighted by atomic mass is 10.3. The van der Waals surface area contributed by atoms with Crippen LogP contribution in [-0.2, 0) is 7.05 Å². The summed E-state index contributed by atoms with van der Waals surface area (Å²) in [5.41, 5.74) is 1.05. The van der Waals surface area contributed by atoms with E-state index in [1.807, 2.05) is 48.1 Å². The van der Waals surface area contributed by atoms with E-state index in [2.05, 4.69) is 10.3 Å². The van der Waals surface area contributed by atoms with Crippen molar-refractivity contribution in [2.24, 2.45) is 7.05 Å². The first-order valence-electron chi connectivity index (χ1n) is 4.34. The lowest BCUT2D eigenvalue weighted by molar-refractivity contribution is 0.902. The number of benzene rings is 1. The molecule has 2 rings (SSSR count). The van der Waals surface area contributed by atoms with Crippen LogP contribution in [0, 0.1) is 4.77 Å². The topological polar surface area (TPSA) is 32.8 Å². The number of imidazole rings is 1. The van der Waals surface area contributed by atoms with E-state index in [-0.39, 0.29) is 0 Å². The molecule has 14 heavy (non-hydrogen) atoms. The fourth-order valence-corrected chi connectivity index (χ4v) is 1.38. The lowest BCUT2D eigenvalue weighted by Gasteiger charge is -2.05. The van der Waals surface area contributed by atoms with Gasteiger partial charge < -0.3 is 14.9 Å². The third-order valence-corrected chi connectivity index (χ3v) is 2.44. The van der Waals surface area contributed by atoms with Gasteiger partial charge in [-0.3, -0.25) is 0 Å². The zero-order valence-corrected chi connectivity index (χ0v) is 8.64. The number of nitrogens with one attached hydrogen (secondary N) is 2. The first-order chi connectivity index (χ1) is 6.77. The van der Waals surface area contributed by atoms with Crippen molar-refractivity contribution in [1.82, 2.24) is 9.55 Å². The number of hydrogen-bond acceptors (Lipinski definition) is 2. The zero-order chi connectivity index (χ0) is 9.97. The van der Waals surface area contributed by atoms with Crippen LogP contribution in [0.25, 0.3) is 0 Å². The molecule has 1 heterocycles. The van der Waals surface area contributed by atoms with E-state index in [0.717, 1.165) is 11.5 Å². The van der Waals surface area contributed by atoms with E-state index < -0.39 is 0 Å². The summed E-state index contributed by atoms with van der Waals surface area (Å²) in [6.45, 7) is 0. The molecule has 2 aromatic rings. The van der Waals surface area contributed by atoms with Crippen LogP contribution in [0.3, 0.4) is 0 Å². The van der Waals surface area contributed by atoms with Gasteiger partial charge in [0.05, 0.1) is 0 Å². The van der Waals surface area contributed by atoms with E-state index >= 15 is 0 Å². The largest absolute Gasteiger partial charge is 0.340 e. The average molecular weight is 205 g/mol. The van der Waals surface area contributed by atoms with E-state index in [4.69, 9.17) is 12.2 Å². The minimum Gasteiger partial charge on any atom is -0.340 e. The van der Waals surface area contributed by atoms with Crippen LogP contribution < -0.4 is 5.32 Å². The Morgan fingerprint density at radius 1 is 1.29 bits per heavy atom. The Morgan fingerprint density at radius 3 is 2.57 bits per heavy atom. The predicted molar refractivity (Wildman–Crippen MR) is 60.3 cm³/mol. The van der Waals surface area contributed by atoms with Crippen molar-refractivity contribution in [1.29, 1.82) is 0 Å². The fraction of sp³-hybridized carbons (Fsp3) is 0.100. The molecule has 2 N–H and O–H groups in total. The number of nitrogens with zero attached hydrogens (tertiary/aromatic N) is 1. The molecule has 0 saturated heterocycles. The standard InChI is InChI=1S/C10H11N3S/c1-13-9(7-11-10(13)14)12-8-5-3-2-4-6-8/h2-7,12H,1H3,(H,11,14). The molecular weight excluding hydrogens is 194 g/mol. The maximum atomic E-state index is 5.06. The summed E-state index contributed by atoms with van der Waals surface area (Å²) in [6, 6.07) is 9.99. The number of anilines is 2. The summed E-state index contributed by atoms with van der Waals surface area (Å²) >= 11 is 5.06. The molecule has 1 aromatic heterocycles. The summed E-state index contributed by atoms with van der Waals surface area (Å²) in [4.78, 5) is 2.97. The van der Waals surface area contributed by atoms with Crippen molar-refractivity contribution in [3.63, 3.8) is 0 Å². The van der Waals surface area contributed by atoms with Crippen LogP contribution in [0.1, 0.15) is 0 Å². The first-order valence-corrected chi connectivity index (χ1v) is 4.74.